The summed E-state index contributed by atoms with van der Waals surface area (Å²) in [5.41, 5.74) is 4.59. The molecule has 2 atom stereocenters. The molecule has 186 valence electrons. The molecule has 0 aromatic heterocycles. The van der Waals surface area contributed by atoms with E-state index in [0.717, 1.165) is 34.2 Å². The number of amides is 2. The largest absolute Gasteiger partial charge is 0.291 e. The Morgan fingerprint density at radius 3 is 1.39 bits per heavy atom. The molecule has 0 radical (unpaired) electrons. The fourth-order valence-corrected chi connectivity index (χ4v) is 4.61. The third-order valence-corrected chi connectivity index (χ3v) is 6.38. The standard InChI is InChI=1S/C28H32N6O2/c1-5-23(25-19(3)31-33(27(25)35)21-13-9-7-10-14-21)29-17-18-30-24(6-2)26-20(4)32-34(28(26)36)22-15-11-8-12-16-22/h7-16,25-26H,5-6,17-18H2,1-4H3. The number of carbonyl (C=O) groups excluding carboxylic acids is 2. The highest BCUT2D eigenvalue weighted by atomic mass is 16.2. The number of rotatable bonds is 9. The average molecular weight is 485 g/mol. The fraction of sp³-hybridized carbons (Fsp3) is 0.357. The SMILES string of the molecule is CCC(=NCCN=C(CC)C1C(=O)N(c2ccccc2)N=C1C)C1C(=O)N(c2ccccc2)N=C1C. The van der Waals surface area contributed by atoms with Crippen molar-refractivity contribution < 1.29 is 9.59 Å². The maximum Gasteiger partial charge on any atom is 0.261 e. The van der Waals surface area contributed by atoms with E-state index in [9.17, 15) is 9.59 Å². The normalized spacial score (nSPS) is 20.8. The summed E-state index contributed by atoms with van der Waals surface area (Å²) < 4.78 is 0. The Kier molecular flexibility index (Phi) is 7.83. The van der Waals surface area contributed by atoms with Crippen LogP contribution in [-0.4, -0.2) is 47.8 Å². The summed E-state index contributed by atoms with van der Waals surface area (Å²) in [7, 11) is 0. The first-order valence-electron chi connectivity index (χ1n) is 12.4. The van der Waals surface area contributed by atoms with Crippen LogP contribution < -0.4 is 10.0 Å². The number of hydrazone groups is 2. The number of carbonyl (C=O) groups is 2. The minimum absolute atomic E-state index is 0.0820. The van der Waals surface area contributed by atoms with Gasteiger partial charge in [0.1, 0.15) is 11.8 Å². The van der Waals surface area contributed by atoms with Gasteiger partial charge in [-0.3, -0.25) is 19.6 Å². The van der Waals surface area contributed by atoms with Crippen LogP contribution in [0, 0.1) is 11.8 Å². The molecule has 0 fully saturated rings. The Bertz CT molecular complexity index is 1140. The van der Waals surface area contributed by atoms with E-state index in [1.54, 1.807) is 0 Å². The Labute approximate surface area is 212 Å². The highest BCUT2D eigenvalue weighted by Crippen LogP contribution is 2.26. The van der Waals surface area contributed by atoms with Crippen LogP contribution in [0.4, 0.5) is 11.4 Å². The molecule has 2 amide bonds. The van der Waals surface area contributed by atoms with Crippen molar-refractivity contribution in [3.63, 3.8) is 0 Å². The van der Waals surface area contributed by atoms with Crippen LogP contribution in [0.2, 0.25) is 0 Å². The Hall–Kier alpha value is -3.94. The molecule has 2 aliphatic heterocycles. The van der Waals surface area contributed by atoms with Gasteiger partial charge in [0.25, 0.3) is 11.8 Å². The van der Waals surface area contributed by atoms with Gasteiger partial charge in [0.05, 0.1) is 35.9 Å². The molecular weight excluding hydrogens is 452 g/mol. The summed E-state index contributed by atoms with van der Waals surface area (Å²) in [6, 6.07) is 18.9. The lowest BCUT2D eigenvalue weighted by Gasteiger charge is -2.16. The molecule has 0 bridgehead atoms. The summed E-state index contributed by atoms with van der Waals surface area (Å²) >= 11 is 0. The highest BCUT2D eigenvalue weighted by molar-refractivity contribution is 6.29. The predicted molar refractivity (Wildman–Crippen MR) is 146 cm³/mol. The molecule has 2 unspecified atom stereocenters. The second kappa shape index (κ2) is 11.2. The van der Waals surface area contributed by atoms with Gasteiger partial charge >= 0.3 is 0 Å². The number of hydrogen-bond acceptors (Lipinski definition) is 6. The lowest BCUT2D eigenvalue weighted by molar-refractivity contribution is -0.119. The molecule has 2 heterocycles. The van der Waals surface area contributed by atoms with Crippen molar-refractivity contribution in [2.75, 3.05) is 23.1 Å². The van der Waals surface area contributed by atoms with Gasteiger partial charge in [0.2, 0.25) is 0 Å². The zero-order valence-corrected chi connectivity index (χ0v) is 21.3. The third kappa shape index (κ3) is 5.03. The number of benzene rings is 2. The Morgan fingerprint density at radius 2 is 1.06 bits per heavy atom. The second-order valence-electron chi connectivity index (χ2n) is 8.77. The zero-order valence-electron chi connectivity index (χ0n) is 21.3. The van der Waals surface area contributed by atoms with E-state index in [-0.39, 0.29) is 11.8 Å². The molecule has 2 aromatic rings. The lowest BCUT2D eigenvalue weighted by Crippen LogP contribution is -2.33. The molecular formula is C28H32N6O2. The molecule has 0 saturated heterocycles. The van der Waals surface area contributed by atoms with Gasteiger partial charge in [0, 0.05) is 11.4 Å². The van der Waals surface area contributed by atoms with Crippen molar-refractivity contribution >= 4 is 46.0 Å². The molecule has 2 aromatic carbocycles. The van der Waals surface area contributed by atoms with Crippen molar-refractivity contribution in [2.45, 2.75) is 40.5 Å². The maximum absolute atomic E-state index is 13.1. The highest BCUT2D eigenvalue weighted by Gasteiger charge is 2.38. The maximum atomic E-state index is 13.1. The van der Waals surface area contributed by atoms with Gasteiger partial charge in [-0.15, -0.1) is 0 Å². The molecule has 0 spiro atoms. The average Bonchev–Trinajstić information content (AvgIpc) is 3.37. The quantitative estimate of drug-likeness (QED) is 0.379. The van der Waals surface area contributed by atoms with E-state index in [4.69, 9.17) is 9.98 Å². The minimum Gasteiger partial charge on any atom is -0.291 e. The summed E-state index contributed by atoms with van der Waals surface area (Å²) in [5, 5.41) is 11.9. The molecule has 0 aliphatic carbocycles. The first-order chi connectivity index (χ1) is 17.5. The molecule has 8 nitrogen and oxygen atoms in total. The van der Waals surface area contributed by atoms with Gasteiger partial charge in [-0.2, -0.15) is 20.2 Å². The van der Waals surface area contributed by atoms with Crippen molar-refractivity contribution in [2.24, 2.45) is 32.0 Å². The van der Waals surface area contributed by atoms with E-state index in [1.807, 2.05) is 88.4 Å². The first-order valence-corrected chi connectivity index (χ1v) is 12.4. The summed E-state index contributed by atoms with van der Waals surface area (Å²) in [4.78, 5) is 35.8. The number of aliphatic imine (C=N–C) groups is 2. The van der Waals surface area contributed by atoms with Crippen LogP contribution in [0.15, 0.2) is 80.9 Å². The molecule has 36 heavy (non-hydrogen) atoms. The number of para-hydroxylation sites is 2. The summed E-state index contributed by atoms with van der Waals surface area (Å²) in [5.74, 6) is -1.06. The van der Waals surface area contributed by atoms with Gasteiger partial charge in [-0.1, -0.05) is 50.2 Å². The number of anilines is 2. The number of nitrogens with zero attached hydrogens (tertiary/aromatic N) is 6. The minimum atomic E-state index is -0.449. The fourth-order valence-electron chi connectivity index (χ4n) is 4.61. The van der Waals surface area contributed by atoms with Crippen LogP contribution >= 0.6 is 0 Å². The van der Waals surface area contributed by atoms with E-state index >= 15 is 0 Å². The van der Waals surface area contributed by atoms with Gasteiger partial charge in [0.15, 0.2) is 0 Å². The predicted octanol–water partition coefficient (Wildman–Crippen LogP) is 4.77. The van der Waals surface area contributed by atoms with Crippen LogP contribution in [0.1, 0.15) is 40.5 Å². The molecule has 0 N–H and O–H groups in total. The monoisotopic (exact) mass is 484 g/mol. The van der Waals surface area contributed by atoms with Gasteiger partial charge in [-0.25, -0.2) is 0 Å². The topological polar surface area (TPSA) is 90.1 Å². The molecule has 2 aliphatic rings. The van der Waals surface area contributed by atoms with E-state index in [2.05, 4.69) is 10.2 Å². The van der Waals surface area contributed by atoms with Crippen LogP contribution in [-0.2, 0) is 9.59 Å². The Morgan fingerprint density at radius 1 is 0.694 bits per heavy atom. The zero-order chi connectivity index (χ0) is 25.7. The van der Waals surface area contributed by atoms with Crippen molar-refractivity contribution in [3.05, 3.63) is 60.7 Å². The summed E-state index contributed by atoms with van der Waals surface area (Å²) in [6.45, 7) is 8.62. The van der Waals surface area contributed by atoms with Crippen molar-refractivity contribution in [1.82, 2.24) is 0 Å². The van der Waals surface area contributed by atoms with Crippen LogP contribution in [0.5, 0.6) is 0 Å². The summed E-state index contributed by atoms with van der Waals surface area (Å²) in [6.07, 6.45) is 1.30. The van der Waals surface area contributed by atoms with Crippen molar-refractivity contribution in [3.8, 4) is 0 Å². The van der Waals surface area contributed by atoms with Crippen molar-refractivity contribution in [1.29, 1.82) is 0 Å². The lowest BCUT2D eigenvalue weighted by atomic mass is 9.96. The molecule has 8 heteroatoms. The number of hydrogen-bond donors (Lipinski definition) is 0. The smallest absolute Gasteiger partial charge is 0.261 e. The molecule has 0 saturated carbocycles. The van der Waals surface area contributed by atoms with E-state index in [0.29, 0.717) is 25.9 Å². The van der Waals surface area contributed by atoms with E-state index in [1.165, 1.54) is 10.0 Å². The van der Waals surface area contributed by atoms with Crippen LogP contribution in [0.25, 0.3) is 0 Å². The first kappa shape index (κ1) is 25.2. The van der Waals surface area contributed by atoms with Gasteiger partial charge in [-0.05, 0) is 51.0 Å². The second-order valence-corrected chi connectivity index (χ2v) is 8.77. The van der Waals surface area contributed by atoms with E-state index < -0.39 is 11.8 Å². The molecule has 4 rings (SSSR count). The Balaban J connectivity index is 1.44. The van der Waals surface area contributed by atoms with Crippen LogP contribution in [0.3, 0.4) is 0 Å². The third-order valence-electron chi connectivity index (χ3n) is 6.38. The van der Waals surface area contributed by atoms with Gasteiger partial charge < -0.3 is 0 Å².